The first kappa shape index (κ1) is 15.5. The van der Waals surface area contributed by atoms with Gasteiger partial charge in [0.15, 0.2) is 0 Å². The maximum absolute atomic E-state index is 4.75. The van der Waals surface area contributed by atoms with Crippen LogP contribution in [-0.2, 0) is 6.42 Å². The average molecular weight is 290 g/mol. The molecule has 20 heavy (non-hydrogen) atoms. The largest absolute Gasteiger partial charge is 0.312 e. The van der Waals surface area contributed by atoms with Gasteiger partial charge in [0.1, 0.15) is 0 Å². The van der Waals surface area contributed by atoms with Crippen LogP contribution in [0.25, 0.3) is 10.2 Å². The van der Waals surface area contributed by atoms with Crippen molar-refractivity contribution >= 4 is 21.6 Å². The number of aromatic nitrogens is 1. The van der Waals surface area contributed by atoms with Crippen LogP contribution in [-0.4, -0.2) is 17.1 Å². The van der Waals surface area contributed by atoms with Crippen molar-refractivity contribution in [1.82, 2.24) is 10.3 Å². The zero-order chi connectivity index (χ0) is 14.8. The number of nitrogens with zero attached hydrogens (tertiary/aromatic N) is 1. The number of benzene rings is 1. The third kappa shape index (κ3) is 4.57. The Morgan fingerprint density at radius 1 is 1.10 bits per heavy atom. The third-order valence-corrected chi connectivity index (χ3v) is 4.46. The highest BCUT2D eigenvalue weighted by atomic mass is 32.1. The highest BCUT2D eigenvalue weighted by Gasteiger charge is 2.21. The Morgan fingerprint density at radius 3 is 2.45 bits per heavy atom. The van der Waals surface area contributed by atoms with Crippen LogP contribution in [0.2, 0.25) is 0 Å². The molecule has 110 valence electrons. The Kier molecular flexibility index (Phi) is 4.50. The van der Waals surface area contributed by atoms with E-state index in [9.17, 15) is 0 Å². The molecular weight excluding hydrogens is 264 g/mol. The minimum atomic E-state index is 0.200. The lowest BCUT2D eigenvalue weighted by molar-refractivity contribution is 0.302. The van der Waals surface area contributed by atoms with Crippen molar-refractivity contribution < 1.29 is 0 Å². The molecule has 3 heteroatoms. The number of fused-ring (bicyclic) bond motifs is 1. The molecule has 0 fully saturated rings. The van der Waals surface area contributed by atoms with Gasteiger partial charge in [-0.3, -0.25) is 0 Å². The van der Waals surface area contributed by atoms with Gasteiger partial charge in [-0.1, -0.05) is 26.0 Å². The van der Waals surface area contributed by atoms with E-state index in [0.29, 0.717) is 0 Å². The van der Waals surface area contributed by atoms with Crippen molar-refractivity contribution in [2.24, 2.45) is 5.41 Å². The molecule has 0 amide bonds. The van der Waals surface area contributed by atoms with Gasteiger partial charge in [0.25, 0.3) is 0 Å². The number of para-hydroxylation sites is 1. The van der Waals surface area contributed by atoms with Crippen LogP contribution in [0.5, 0.6) is 0 Å². The summed E-state index contributed by atoms with van der Waals surface area (Å²) >= 11 is 1.83. The van der Waals surface area contributed by atoms with Crippen LogP contribution in [0.1, 0.15) is 46.0 Å². The van der Waals surface area contributed by atoms with Crippen molar-refractivity contribution in [2.45, 2.75) is 53.0 Å². The van der Waals surface area contributed by atoms with E-state index in [2.05, 4.69) is 64.2 Å². The lowest BCUT2D eigenvalue weighted by atomic mass is 9.85. The second kappa shape index (κ2) is 5.82. The van der Waals surface area contributed by atoms with Crippen LogP contribution in [0.15, 0.2) is 24.3 Å². The number of hydrogen-bond acceptors (Lipinski definition) is 3. The monoisotopic (exact) mass is 290 g/mol. The summed E-state index contributed by atoms with van der Waals surface area (Å²) in [6, 6.07) is 8.40. The summed E-state index contributed by atoms with van der Waals surface area (Å²) < 4.78 is 1.30. The molecule has 0 aliphatic rings. The van der Waals surface area contributed by atoms with Crippen LogP contribution >= 0.6 is 11.3 Å². The predicted molar refractivity (Wildman–Crippen MR) is 89.5 cm³/mol. The number of nitrogens with one attached hydrogen (secondary N) is 1. The van der Waals surface area contributed by atoms with Gasteiger partial charge in [0, 0.05) is 12.0 Å². The summed E-state index contributed by atoms with van der Waals surface area (Å²) in [6.07, 6.45) is 2.22. The fourth-order valence-corrected chi connectivity index (χ4v) is 3.49. The van der Waals surface area contributed by atoms with Gasteiger partial charge in [0.05, 0.1) is 15.2 Å². The van der Waals surface area contributed by atoms with Crippen molar-refractivity contribution in [3.8, 4) is 0 Å². The summed E-state index contributed by atoms with van der Waals surface area (Å²) in [5.41, 5.74) is 1.62. The molecule has 2 rings (SSSR count). The smallest absolute Gasteiger partial charge is 0.0943 e. The van der Waals surface area contributed by atoms with Gasteiger partial charge in [0.2, 0.25) is 0 Å². The Bertz CT molecular complexity index is 531. The van der Waals surface area contributed by atoms with Gasteiger partial charge in [-0.2, -0.15) is 0 Å². The normalized spacial score (nSPS) is 13.1. The van der Waals surface area contributed by atoms with E-state index >= 15 is 0 Å². The average Bonchev–Trinajstić information content (AvgIpc) is 2.67. The Balaban J connectivity index is 1.96. The summed E-state index contributed by atoms with van der Waals surface area (Å²) in [5, 5.41) is 4.83. The first-order chi connectivity index (χ1) is 9.25. The van der Waals surface area contributed by atoms with E-state index in [1.165, 1.54) is 16.1 Å². The van der Waals surface area contributed by atoms with E-state index in [0.717, 1.165) is 18.5 Å². The molecule has 0 spiro atoms. The highest BCUT2D eigenvalue weighted by Crippen LogP contribution is 2.30. The van der Waals surface area contributed by atoms with Gasteiger partial charge in [-0.15, -0.1) is 11.3 Å². The van der Waals surface area contributed by atoms with Crippen molar-refractivity contribution in [1.29, 1.82) is 0 Å². The van der Waals surface area contributed by atoms with Crippen LogP contribution in [0.3, 0.4) is 0 Å². The maximum atomic E-state index is 4.75. The molecule has 1 aromatic carbocycles. The molecule has 0 radical (unpaired) electrons. The van der Waals surface area contributed by atoms with E-state index < -0.39 is 0 Å². The SMILES string of the molecule is CC(C)(CCNC(C)(C)C)Cc1nc2ccccc2s1. The van der Waals surface area contributed by atoms with Crippen LogP contribution < -0.4 is 5.32 Å². The zero-order valence-corrected chi connectivity index (χ0v) is 14.1. The second-order valence-corrected chi connectivity index (χ2v) is 8.46. The molecule has 2 nitrogen and oxygen atoms in total. The molecule has 0 aliphatic heterocycles. The summed E-state index contributed by atoms with van der Waals surface area (Å²) in [7, 11) is 0. The molecule has 1 N–H and O–H groups in total. The van der Waals surface area contributed by atoms with E-state index in [1.807, 2.05) is 11.3 Å². The van der Waals surface area contributed by atoms with E-state index in [1.54, 1.807) is 0 Å². The lowest BCUT2D eigenvalue weighted by Crippen LogP contribution is -2.38. The molecule has 0 saturated carbocycles. The fourth-order valence-electron chi connectivity index (χ4n) is 2.27. The third-order valence-electron chi connectivity index (χ3n) is 3.43. The van der Waals surface area contributed by atoms with Gasteiger partial charge in [-0.05, 0) is 51.3 Å². The summed E-state index contributed by atoms with van der Waals surface area (Å²) in [6.45, 7) is 12.4. The molecule has 0 saturated heterocycles. The second-order valence-electron chi connectivity index (χ2n) is 7.34. The van der Waals surface area contributed by atoms with E-state index in [4.69, 9.17) is 4.98 Å². The highest BCUT2D eigenvalue weighted by molar-refractivity contribution is 7.18. The van der Waals surface area contributed by atoms with Crippen LogP contribution in [0, 0.1) is 5.41 Å². The molecule has 0 bridgehead atoms. The topological polar surface area (TPSA) is 24.9 Å². The Labute approximate surface area is 126 Å². The van der Waals surface area contributed by atoms with Gasteiger partial charge in [-0.25, -0.2) is 4.98 Å². The van der Waals surface area contributed by atoms with Gasteiger partial charge >= 0.3 is 0 Å². The number of thiazole rings is 1. The summed E-state index contributed by atoms with van der Waals surface area (Å²) in [4.78, 5) is 4.75. The molecule has 0 atom stereocenters. The Morgan fingerprint density at radius 2 is 1.80 bits per heavy atom. The molecule has 1 heterocycles. The number of rotatable bonds is 5. The van der Waals surface area contributed by atoms with Crippen molar-refractivity contribution in [3.05, 3.63) is 29.3 Å². The minimum absolute atomic E-state index is 0.200. The standard InChI is InChI=1S/C17H26N2S/c1-16(2,3)18-11-10-17(4,5)12-15-19-13-8-6-7-9-14(13)20-15/h6-9,18H,10-12H2,1-5H3. The lowest BCUT2D eigenvalue weighted by Gasteiger charge is -2.27. The van der Waals surface area contributed by atoms with Crippen LogP contribution in [0.4, 0.5) is 0 Å². The van der Waals surface area contributed by atoms with E-state index in [-0.39, 0.29) is 11.0 Å². The first-order valence-corrected chi connectivity index (χ1v) is 8.16. The maximum Gasteiger partial charge on any atom is 0.0943 e. The predicted octanol–water partition coefficient (Wildman–Crippen LogP) is 4.64. The van der Waals surface area contributed by atoms with Gasteiger partial charge < -0.3 is 5.32 Å². The summed E-state index contributed by atoms with van der Waals surface area (Å²) in [5.74, 6) is 0. The molecule has 1 aromatic heterocycles. The van der Waals surface area contributed by atoms with Crippen molar-refractivity contribution in [3.63, 3.8) is 0 Å². The molecule has 2 aromatic rings. The fraction of sp³-hybridized carbons (Fsp3) is 0.588. The Hall–Kier alpha value is -0.930. The molecule has 0 aliphatic carbocycles. The number of hydrogen-bond donors (Lipinski definition) is 1. The van der Waals surface area contributed by atoms with Crippen molar-refractivity contribution in [2.75, 3.05) is 6.54 Å². The molecular formula is C17H26N2S. The minimum Gasteiger partial charge on any atom is -0.312 e. The quantitative estimate of drug-likeness (QED) is 0.867. The molecule has 0 unspecified atom stereocenters. The first-order valence-electron chi connectivity index (χ1n) is 7.35. The zero-order valence-electron chi connectivity index (χ0n) is 13.3.